The van der Waals surface area contributed by atoms with Crippen molar-refractivity contribution in [3.63, 3.8) is 0 Å². The molecule has 0 saturated heterocycles. The molecule has 0 bridgehead atoms. The van der Waals surface area contributed by atoms with E-state index in [2.05, 4.69) is 20.6 Å². The highest BCUT2D eigenvalue weighted by atomic mass is 16.6. The third-order valence-electron chi connectivity index (χ3n) is 5.80. The predicted molar refractivity (Wildman–Crippen MR) is 110 cm³/mol. The van der Waals surface area contributed by atoms with E-state index < -0.39 is 11.7 Å². The average Bonchev–Trinajstić information content (AvgIpc) is 2.87. The van der Waals surface area contributed by atoms with Gasteiger partial charge in [-0.1, -0.05) is 0 Å². The number of hydrogen-bond donors (Lipinski definition) is 2. The van der Waals surface area contributed by atoms with Crippen LogP contribution in [0.3, 0.4) is 0 Å². The third kappa shape index (κ3) is 4.74. The Bertz CT molecular complexity index is 788. The van der Waals surface area contributed by atoms with E-state index >= 15 is 0 Å². The number of carbonyl (C=O) groups is 2. The molecule has 160 valence electrons. The average molecular weight is 405 g/mol. The fraction of sp³-hybridized carbons (Fsp3) is 0.667. The molecule has 1 spiro atoms. The summed E-state index contributed by atoms with van der Waals surface area (Å²) in [4.78, 5) is 23.5. The van der Waals surface area contributed by atoms with Gasteiger partial charge in [-0.3, -0.25) is 0 Å². The number of rotatable bonds is 4. The predicted octanol–water partition coefficient (Wildman–Crippen LogP) is 3.48. The number of alkyl carbamates (subject to hydrolysis) is 1. The summed E-state index contributed by atoms with van der Waals surface area (Å²) in [7, 11) is 3.30. The molecule has 2 N–H and O–H groups in total. The zero-order valence-electron chi connectivity index (χ0n) is 18.2. The zero-order valence-corrected chi connectivity index (χ0v) is 18.2. The fourth-order valence-electron chi connectivity index (χ4n) is 4.60. The van der Waals surface area contributed by atoms with Gasteiger partial charge in [-0.15, -0.1) is 0 Å². The summed E-state index contributed by atoms with van der Waals surface area (Å²) in [5.74, 6) is 0.266. The molecule has 8 nitrogen and oxygen atoms in total. The van der Waals surface area contributed by atoms with E-state index in [-0.39, 0.29) is 23.5 Å². The zero-order chi connectivity index (χ0) is 21.4. The third-order valence-corrected chi connectivity index (χ3v) is 5.80. The standard InChI is InChI=1S/C21H32N4O4/c1-13-7-8-25(5)17(13)16(23-24-19(27)28-6)14-9-21(10-14)11-15(12-21)22-18(26)29-20(2,3)4/h7-8,14-15H,9-12H2,1-6H3,(H,22,26)(H,24,27)/b23-16+. The lowest BCUT2D eigenvalue weighted by atomic mass is 9.49. The topological polar surface area (TPSA) is 94.0 Å². The first-order valence-corrected chi connectivity index (χ1v) is 10.1. The maximum Gasteiger partial charge on any atom is 0.427 e. The van der Waals surface area contributed by atoms with Crippen molar-refractivity contribution in [2.24, 2.45) is 23.5 Å². The van der Waals surface area contributed by atoms with E-state index in [0.717, 1.165) is 42.7 Å². The summed E-state index contributed by atoms with van der Waals surface area (Å²) >= 11 is 0. The Morgan fingerprint density at radius 1 is 1.21 bits per heavy atom. The summed E-state index contributed by atoms with van der Waals surface area (Å²) < 4.78 is 12.0. The first-order valence-electron chi connectivity index (χ1n) is 10.1. The maximum atomic E-state index is 12.0. The van der Waals surface area contributed by atoms with Crippen molar-refractivity contribution >= 4 is 17.9 Å². The lowest BCUT2D eigenvalue weighted by Crippen LogP contribution is -2.58. The van der Waals surface area contributed by atoms with E-state index in [1.165, 1.54) is 7.11 Å². The minimum Gasteiger partial charge on any atom is -0.452 e. The number of amides is 2. The number of aryl methyl sites for hydroxylation is 2. The summed E-state index contributed by atoms with van der Waals surface area (Å²) in [6, 6.07) is 2.21. The molecule has 2 amide bonds. The molecule has 0 radical (unpaired) electrons. The molecule has 2 fully saturated rings. The molecule has 2 aliphatic carbocycles. The van der Waals surface area contributed by atoms with Crippen LogP contribution in [0.5, 0.6) is 0 Å². The summed E-state index contributed by atoms with van der Waals surface area (Å²) in [6.45, 7) is 7.63. The highest BCUT2D eigenvalue weighted by Gasteiger charge is 2.55. The van der Waals surface area contributed by atoms with Gasteiger partial charge in [0.15, 0.2) is 0 Å². The van der Waals surface area contributed by atoms with E-state index in [4.69, 9.17) is 4.74 Å². The molecule has 2 aliphatic rings. The molecular formula is C21H32N4O4. The van der Waals surface area contributed by atoms with Crippen LogP contribution >= 0.6 is 0 Å². The van der Waals surface area contributed by atoms with Crippen LogP contribution in [0.4, 0.5) is 9.59 Å². The molecule has 0 unspecified atom stereocenters. The van der Waals surface area contributed by atoms with Gasteiger partial charge < -0.3 is 19.4 Å². The molecule has 8 heteroatoms. The second-order valence-electron chi connectivity index (χ2n) is 9.42. The smallest absolute Gasteiger partial charge is 0.427 e. The Balaban J connectivity index is 1.60. The number of hydrazone groups is 1. The number of nitrogens with zero attached hydrogens (tertiary/aromatic N) is 2. The Labute approximate surface area is 172 Å². The molecule has 0 atom stereocenters. The number of methoxy groups -OCH3 is 1. The molecule has 29 heavy (non-hydrogen) atoms. The van der Waals surface area contributed by atoms with Crippen LogP contribution in [0, 0.1) is 18.3 Å². The van der Waals surface area contributed by atoms with Gasteiger partial charge in [0.25, 0.3) is 0 Å². The maximum absolute atomic E-state index is 12.0. The van der Waals surface area contributed by atoms with Crippen LogP contribution in [0.15, 0.2) is 17.4 Å². The highest BCUT2D eigenvalue weighted by Crippen LogP contribution is 2.59. The van der Waals surface area contributed by atoms with Crippen molar-refractivity contribution in [2.75, 3.05) is 7.11 Å². The van der Waals surface area contributed by atoms with Crippen molar-refractivity contribution in [1.82, 2.24) is 15.3 Å². The summed E-state index contributed by atoms with van der Waals surface area (Å²) in [6.07, 6.45) is 4.96. The molecule has 3 rings (SSSR count). The second kappa shape index (κ2) is 7.72. The molecule has 2 saturated carbocycles. The van der Waals surface area contributed by atoms with Gasteiger partial charge in [-0.2, -0.15) is 5.10 Å². The molecule has 1 heterocycles. The number of nitrogens with one attached hydrogen (secondary N) is 2. The number of hydrogen-bond acceptors (Lipinski definition) is 5. The monoisotopic (exact) mass is 404 g/mol. The SMILES string of the molecule is COC(=O)N/N=C(/c1c(C)ccn1C)C1CC2(CC(NC(=O)OC(C)(C)C)C2)C1. The van der Waals surface area contributed by atoms with E-state index in [1.54, 1.807) is 0 Å². The van der Waals surface area contributed by atoms with Crippen LogP contribution in [0.2, 0.25) is 0 Å². The van der Waals surface area contributed by atoms with Crippen molar-refractivity contribution in [3.05, 3.63) is 23.5 Å². The van der Waals surface area contributed by atoms with E-state index in [9.17, 15) is 9.59 Å². The molecule has 1 aromatic rings. The Morgan fingerprint density at radius 3 is 2.38 bits per heavy atom. The van der Waals surface area contributed by atoms with Gasteiger partial charge >= 0.3 is 12.2 Å². The van der Waals surface area contributed by atoms with Crippen LogP contribution in [0.25, 0.3) is 0 Å². The molecular weight excluding hydrogens is 372 g/mol. The van der Waals surface area contributed by atoms with E-state index in [0.29, 0.717) is 0 Å². The number of aromatic nitrogens is 1. The van der Waals surface area contributed by atoms with Gasteiger partial charge in [-0.05, 0) is 70.4 Å². The largest absolute Gasteiger partial charge is 0.452 e. The quantitative estimate of drug-likeness (QED) is 0.593. The van der Waals surface area contributed by atoms with Gasteiger partial charge in [-0.25, -0.2) is 15.0 Å². The Kier molecular flexibility index (Phi) is 5.65. The van der Waals surface area contributed by atoms with Gasteiger partial charge in [0.05, 0.1) is 18.5 Å². The first-order chi connectivity index (χ1) is 13.5. The van der Waals surface area contributed by atoms with Crippen molar-refractivity contribution < 1.29 is 19.1 Å². The second-order valence-corrected chi connectivity index (χ2v) is 9.42. The fourth-order valence-corrected chi connectivity index (χ4v) is 4.60. The summed E-state index contributed by atoms with van der Waals surface area (Å²) in [5.41, 5.74) is 5.28. The van der Waals surface area contributed by atoms with Crippen molar-refractivity contribution in [1.29, 1.82) is 0 Å². The lowest BCUT2D eigenvalue weighted by Gasteiger charge is -2.57. The minimum absolute atomic E-state index is 0.163. The molecule has 0 aromatic carbocycles. The lowest BCUT2D eigenvalue weighted by molar-refractivity contribution is -0.0294. The van der Waals surface area contributed by atoms with E-state index in [1.807, 2.05) is 51.6 Å². The Morgan fingerprint density at radius 2 is 1.86 bits per heavy atom. The molecule has 0 aliphatic heterocycles. The van der Waals surface area contributed by atoms with Gasteiger partial charge in [0.2, 0.25) is 0 Å². The first kappa shape index (κ1) is 21.2. The van der Waals surface area contributed by atoms with Crippen LogP contribution < -0.4 is 10.7 Å². The number of ether oxygens (including phenoxy) is 2. The van der Waals surface area contributed by atoms with Crippen LogP contribution in [-0.4, -0.2) is 41.2 Å². The Hall–Kier alpha value is -2.51. The van der Waals surface area contributed by atoms with Crippen molar-refractivity contribution in [3.8, 4) is 0 Å². The number of carbonyl (C=O) groups excluding carboxylic acids is 2. The van der Waals surface area contributed by atoms with Crippen molar-refractivity contribution in [2.45, 2.75) is 65.0 Å². The molecule has 1 aromatic heterocycles. The summed E-state index contributed by atoms with van der Waals surface area (Å²) in [5, 5.41) is 7.36. The van der Waals surface area contributed by atoms with Crippen LogP contribution in [-0.2, 0) is 16.5 Å². The highest BCUT2D eigenvalue weighted by molar-refractivity contribution is 6.03. The minimum atomic E-state index is -0.575. The normalized spacial score (nSPS) is 26.3. The van der Waals surface area contributed by atoms with Gasteiger partial charge in [0.1, 0.15) is 5.60 Å². The van der Waals surface area contributed by atoms with Gasteiger partial charge in [0, 0.05) is 25.2 Å². The van der Waals surface area contributed by atoms with Crippen LogP contribution in [0.1, 0.15) is 57.7 Å².